The Hall–Kier alpha value is -6.81. The summed E-state index contributed by atoms with van der Waals surface area (Å²) in [7, 11) is 0. The lowest BCUT2D eigenvalue weighted by Gasteiger charge is -2.09. The molecule has 9 rings (SSSR count). The molecule has 238 valence electrons. The molecule has 0 saturated carbocycles. The Balaban J connectivity index is 1.09. The van der Waals surface area contributed by atoms with Crippen LogP contribution < -0.4 is 0 Å². The van der Waals surface area contributed by atoms with Crippen LogP contribution in [-0.4, -0.2) is 19.9 Å². The van der Waals surface area contributed by atoms with Gasteiger partial charge in [-0.05, 0) is 63.7 Å². The van der Waals surface area contributed by atoms with E-state index in [1.165, 1.54) is 36.9 Å². The quantitative estimate of drug-likeness (QED) is 0.176. The molecular formula is C45H27N5S. The summed E-state index contributed by atoms with van der Waals surface area (Å²) in [5, 5.41) is 11.8. The first-order chi connectivity index (χ1) is 25.2. The number of benzene rings is 6. The molecular weight excluding hydrogens is 643 g/mol. The highest BCUT2D eigenvalue weighted by Crippen LogP contribution is 2.44. The maximum Gasteiger partial charge on any atom is 0.164 e. The summed E-state index contributed by atoms with van der Waals surface area (Å²) in [4.78, 5) is 18.9. The van der Waals surface area contributed by atoms with Crippen molar-refractivity contribution in [3.05, 3.63) is 170 Å². The molecule has 6 aromatic carbocycles. The maximum absolute atomic E-state index is 9.29. The normalized spacial score (nSPS) is 11.1. The zero-order valence-electron chi connectivity index (χ0n) is 27.2. The van der Waals surface area contributed by atoms with Crippen molar-refractivity contribution < 1.29 is 0 Å². The first kappa shape index (κ1) is 30.3. The van der Waals surface area contributed by atoms with Gasteiger partial charge in [0.2, 0.25) is 0 Å². The minimum absolute atomic E-state index is 0.560. The summed E-state index contributed by atoms with van der Waals surface area (Å²) in [6.45, 7) is 0. The molecule has 0 spiro atoms. The molecule has 0 aliphatic heterocycles. The van der Waals surface area contributed by atoms with Crippen molar-refractivity contribution in [2.75, 3.05) is 0 Å². The minimum Gasteiger partial charge on any atom is -0.264 e. The number of pyridine rings is 1. The highest BCUT2D eigenvalue weighted by Gasteiger charge is 2.16. The monoisotopic (exact) mass is 669 g/mol. The third-order valence-electron chi connectivity index (χ3n) is 9.11. The van der Waals surface area contributed by atoms with Gasteiger partial charge in [0.15, 0.2) is 17.5 Å². The van der Waals surface area contributed by atoms with Crippen LogP contribution in [0.25, 0.3) is 87.7 Å². The molecule has 0 aliphatic rings. The van der Waals surface area contributed by atoms with E-state index in [1.807, 2.05) is 66.1 Å². The Kier molecular flexibility index (Phi) is 7.66. The van der Waals surface area contributed by atoms with Gasteiger partial charge < -0.3 is 0 Å². The third-order valence-corrected chi connectivity index (χ3v) is 10.4. The van der Waals surface area contributed by atoms with Crippen molar-refractivity contribution in [3.8, 4) is 73.6 Å². The van der Waals surface area contributed by atoms with Gasteiger partial charge in [-0.2, -0.15) is 5.26 Å². The summed E-state index contributed by atoms with van der Waals surface area (Å²) in [5.74, 6) is 1.75. The van der Waals surface area contributed by atoms with Crippen LogP contribution in [0.4, 0.5) is 0 Å². The van der Waals surface area contributed by atoms with Crippen LogP contribution >= 0.6 is 11.3 Å². The fraction of sp³-hybridized carbons (Fsp3) is 0. The fourth-order valence-corrected chi connectivity index (χ4v) is 7.87. The van der Waals surface area contributed by atoms with Gasteiger partial charge in [0.1, 0.15) is 0 Å². The van der Waals surface area contributed by atoms with Crippen molar-refractivity contribution in [3.63, 3.8) is 0 Å². The number of fused-ring (bicyclic) bond motifs is 3. The van der Waals surface area contributed by atoms with E-state index in [2.05, 4.69) is 102 Å². The summed E-state index contributed by atoms with van der Waals surface area (Å²) in [5.41, 5.74) is 10.2. The zero-order chi connectivity index (χ0) is 34.1. The molecule has 9 aromatic rings. The van der Waals surface area contributed by atoms with Crippen molar-refractivity contribution in [1.29, 1.82) is 5.26 Å². The molecule has 51 heavy (non-hydrogen) atoms. The Morgan fingerprint density at radius 3 is 1.39 bits per heavy atom. The second-order valence-corrected chi connectivity index (χ2v) is 13.2. The van der Waals surface area contributed by atoms with E-state index in [9.17, 15) is 5.26 Å². The summed E-state index contributed by atoms with van der Waals surface area (Å²) in [6.07, 6.45) is 3.70. The second-order valence-electron chi connectivity index (χ2n) is 12.2. The van der Waals surface area contributed by atoms with E-state index in [1.54, 1.807) is 18.3 Å². The lowest BCUT2D eigenvalue weighted by Crippen LogP contribution is -2.00. The Bertz CT molecular complexity index is 2710. The zero-order valence-corrected chi connectivity index (χ0v) is 28.0. The minimum atomic E-state index is 0.560. The lowest BCUT2D eigenvalue weighted by atomic mass is 9.98. The molecule has 5 nitrogen and oxygen atoms in total. The summed E-state index contributed by atoms with van der Waals surface area (Å²) >= 11 is 1.84. The number of nitriles is 1. The van der Waals surface area contributed by atoms with Gasteiger partial charge in [-0.3, -0.25) is 4.98 Å². The van der Waals surface area contributed by atoms with Gasteiger partial charge in [-0.25, -0.2) is 15.0 Å². The largest absolute Gasteiger partial charge is 0.264 e. The highest BCUT2D eigenvalue weighted by atomic mass is 32.1. The van der Waals surface area contributed by atoms with E-state index < -0.39 is 0 Å². The number of nitrogens with zero attached hydrogens (tertiary/aromatic N) is 5. The van der Waals surface area contributed by atoms with E-state index in [0.29, 0.717) is 23.0 Å². The molecule has 0 atom stereocenters. The molecule has 0 bridgehead atoms. The molecule has 6 heteroatoms. The topological polar surface area (TPSA) is 75.3 Å². The van der Waals surface area contributed by atoms with Crippen molar-refractivity contribution in [1.82, 2.24) is 19.9 Å². The first-order valence-corrected chi connectivity index (χ1v) is 17.4. The lowest BCUT2D eigenvalue weighted by molar-refractivity contribution is 1.07. The van der Waals surface area contributed by atoms with Crippen molar-refractivity contribution >= 4 is 31.5 Å². The van der Waals surface area contributed by atoms with Crippen LogP contribution in [-0.2, 0) is 0 Å². The average Bonchev–Trinajstić information content (AvgIpc) is 3.61. The molecule has 0 radical (unpaired) electrons. The maximum atomic E-state index is 9.29. The van der Waals surface area contributed by atoms with E-state index in [4.69, 9.17) is 15.0 Å². The summed E-state index contributed by atoms with van der Waals surface area (Å²) < 4.78 is 2.54. The first-order valence-electron chi connectivity index (χ1n) is 16.6. The predicted molar refractivity (Wildman–Crippen MR) is 208 cm³/mol. The Morgan fingerprint density at radius 1 is 0.412 bits per heavy atom. The molecule has 0 unspecified atom stereocenters. The predicted octanol–water partition coefficient (Wildman–Crippen LogP) is 11.5. The van der Waals surface area contributed by atoms with Gasteiger partial charge in [0, 0.05) is 49.3 Å². The van der Waals surface area contributed by atoms with Crippen LogP contribution in [0.5, 0.6) is 0 Å². The summed E-state index contributed by atoms with van der Waals surface area (Å²) in [6, 6.07) is 53.9. The fourth-order valence-electron chi connectivity index (χ4n) is 6.49. The van der Waals surface area contributed by atoms with E-state index in [0.717, 1.165) is 33.4 Å². The number of aromatic nitrogens is 4. The Morgan fingerprint density at radius 2 is 0.882 bits per heavy atom. The van der Waals surface area contributed by atoms with Crippen LogP contribution in [0, 0.1) is 11.3 Å². The van der Waals surface area contributed by atoms with Crippen LogP contribution in [0.2, 0.25) is 0 Å². The number of hydrogen-bond donors (Lipinski definition) is 0. The van der Waals surface area contributed by atoms with E-state index in [-0.39, 0.29) is 0 Å². The number of thiophene rings is 1. The molecule has 0 aliphatic carbocycles. The Labute approximate surface area is 298 Å². The second kappa shape index (κ2) is 12.9. The van der Waals surface area contributed by atoms with Gasteiger partial charge >= 0.3 is 0 Å². The molecule has 3 aromatic heterocycles. The van der Waals surface area contributed by atoms with Crippen molar-refractivity contribution in [2.45, 2.75) is 0 Å². The molecule has 0 N–H and O–H groups in total. The van der Waals surface area contributed by atoms with E-state index >= 15 is 0 Å². The van der Waals surface area contributed by atoms with Gasteiger partial charge in [0.25, 0.3) is 0 Å². The number of hydrogen-bond acceptors (Lipinski definition) is 6. The standard InChI is InChI=1S/C45H27N5S/c46-27-29-14-16-34(17-15-29)44-48-43(33-7-2-1-3-8-33)49-45(50-44)35-24-22-32(23-25-35)38-11-5-13-40-39-12-4-10-37(41(39)51-42(38)40)31-20-18-30(19-21-31)36-9-6-26-47-28-36/h1-26,28H. The van der Waals surface area contributed by atoms with Crippen LogP contribution in [0.3, 0.4) is 0 Å². The van der Waals surface area contributed by atoms with Crippen LogP contribution in [0.15, 0.2) is 164 Å². The highest BCUT2D eigenvalue weighted by molar-refractivity contribution is 7.26. The van der Waals surface area contributed by atoms with Gasteiger partial charge in [0.05, 0.1) is 11.6 Å². The molecule has 0 saturated heterocycles. The molecule has 0 amide bonds. The van der Waals surface area contributed by atoms with Gasteiger partial charge in [-0.15, -0.1) is 11.3 Å². The third kappa shape index (κ3) is 5.72. The van der Waals surface area contributed by atoms with Crippen LogP contribution in [0.1, 0.15) is 5.56 Å². The smallest absolute Gasteiger partial charge is 0.164 e. The van der Waals surface area contributed by atoms with Crippen molar-refractivity contribution in [2.24, 2.45) is 0 Å². The van der Waals surface area contributed by atoms with Gasteiger partial charge in [-0.1, -0.05) is 121 Å². The number of rotatable bonds is 6. The SMILES string of the molecule is N#Cc1ccc(-c2nc(-c3ccccc3)nc(-c3ccc(-c4cccc5c4sc4c(-c6ccc(-c7cccnc7)cc6)cccc45)cc3)n2)cc1. The molecule has 3 heterocycles. The molecule has 0 fully saturated rings. The average molecular weight is 670 g/mol.